The lowest BCUT2D eigenvalue weighted by atomic mass is 9.65. The van der Waals surface area contributed by atoms with Crippen molar-refractivity contribution < 1.29 is 9.53 Å². The van der Waals surface area contributed by atoms with Gasteiger partial charge in [0.2, 0.25) is 0 Å². The molecule has 0 aromatic heterocycles. The smallest absolute Gasteiger partial charge is 0.303 e. The van der Waals surface area contributed by atoms with Gasteiger partial charge in [-0.2, -0.15) is 0 Å². The summed E-state index contributed by atoms with van der Waals surface area (Å²) >= 11 is 0. The number of fused-ring (bicyclic) bond motifs is 1. The fourth-order valence-electron chi connectivity index (χ4n) is 4.75. The van der Waals surface area contributed by atoms with Crippen LogP contribution in [0.15, 0.2) is 0 Å². The van der Waals surface area contributed by atoms with E-state index in [9.17, 15) is 4.79 Å². The summed E-state index contributed by atoms with van der Waals surface area (Å²) in [4.78, 5) is 11.2. The second kappa shape index (κ2) is 2.99. The molecule has 3 rings (SSSR count). The molecule has 0 amide bonds. The molecule has 0 radical (unpaired) electrons. The van der Waals surface area contributed by atoms with Crippen LogP contribution in [0.2, 0.25) is 0 Å². The standard InChI is InChI=1S/C13H20O2/c1-8(14)15-13(2)10-6-9-4-3-5-12(13)11(9)7-10/h9-12H,3-7H2,1-2H3. The van der Waals surface area contributed by atoms with E-state index < -0.39 is 0 Å². The van der Waals surface area contributed by atoms with E-state index in [2.05, 4.69) is 6.92 Å². The predicted octanol–water partition coefficient (Wildman–Crippen LogP) is 2.76. The van der Waals surface area contributed by atoms with Gasteiger partial charge in [-0.15, -0.1) is 0 Å². The fourth-order valence-corrected chi connectivity index (χ4v) is 4.75. The number of hydrogen-bond donors (Lipinski definition) is 0. The molecule has 0 heterocycles. The molecule has 2 heteroatoms. The predicted molar refractivity (Wildman–Crippen MR) is 57.2 cm³/mol. The Kier molecular flexibility index (Phi) is 1.93. The first-order valence-electron chi connectivity index (χ1n) is 6.31. The highest BCUT2D eigenvalue weighted by Gasteiger charge is 2.61. The van der Waals surface area contributed by atoms with Crippen LogP contribution in [0, 0.1) is 23.7 Å². The van der Waals surface area contributed by atoms with E-state index in [1.165, 1.54) is 32.1 Å². The fraction of sp³-hybridized carbons (Fsp3) is 0.923. The van der Waals surface area contributed by atoms with Crippen molar-refractivity contribution in [2.45, 2.75) is 51.6 Å². The maximum Gasteiger partial charge on any atom is 0.303 e. The van der Waals surface area contributed by atoms with Crippen molar-refractivity contribution in [3.63, 3.8) is 0 Å². The number of carbonyl (C=O) groups excluding carboxylic acids is 1. The van der Waals surface area contributed by atoms with Crippen LogP contribution in [-0.4, -0.2) is 11.6 Å². The molecule has 3 saturated carbocycles. The third-order valence-electron chi connectivity index (χ3n) is 5.27. The average molecular weight is 208 g/mol. The first-order valence-corrected chi connectivity index (χ1v) is 6.31. The van der Waals surface area contributed by atoms with Crippen molar-refractivity contribution in [1.29, 1.82) is 0 Å². The highest BCUT2D eigenvalue weighted by molar-refractivity contribution is 5.66. The van der Waals surface area contributed by atoms with Gasteiger partial charge in [0.25, 0.3) is 0 Å². The van der Waals surface area contributed by atoms with E-state index >= 15 is 0 Å². The Morgan fingerprint density at radius 1 is 1.33 bits per heavy atom. The minimum Gasteiger partial charge on any atom is -0.459 e. The Bertz CT molecular complexity index is 297. The van der Waals surface area contributed by atoms with Crippen molar-refractivity contribution in [3.05, 3.63) is 0 Å². The molecule has 15 heavy (non-hydrogen) atoms. The Labute approximate surface area is 91.4 Å². The molecule has 0 aromatic carbocycles. The van der Waals surface area contributed by atoms with Gasteiger partial charge >= 0.3 is 5.97 Å². The van der Waals surface area contributed by atoms with Gasteiger partial charge in [-0.25, -0.2) is 0 Å². The molecule has 0 aromatic rings. The maximum absolute atomic E-state index is 11.2. The molecular formula is C13H20O2. The van der Waals surface area contributed by atoms with E-state index in [1.807, 2.05) is 0 Å². The van der Waals surface area contributed by atoms with Gasteiger partial charge in [-0.1, -0.05) is 12.8 Å². The SMILES string of the molecule is CC(=O)OC1(C)C2CC3CCCC1C3C2. The lowest BCUT2D eigenvalue weighted by Gasteiger charge is -2.46. The van der Waals surface area contributed by atoms with Crippen LogP contribution < -0.4 is 0 Å². The second-order valence-corrected chi connectivity index (χ2v) is 5.91. The minimum absolute atomic E-state index is 0.0906. The molecule has 5 atom stereocenters. The lowest BCUT2D eigenvalue weighted by molar-refractivity contribution is -0.172. The monoisotopic (exact) mass is 208 g/mol. The summed E-state index contributed by atoms with van der Waals surface area (Å²) < 4.78 is 5.68. The number of ether oxygens (including phenoxy) is 1. The van der Waals surface area contributed by atoms with E-state index in [-0.39, 0.29) is 11.6 Å². The summed E-state index contributed by atoms with van der Waals surface area (Å²) in [6.45, 7) is 3.74. The number of esters is 1. The molecule has 84 valence electrons. The van der Waals surface area contributed by atoms with E-state index in [0.29, 0.717) is 11.8 Å². The number of hydrogen-bond acceptors (Lipinski definition) is 2. The number of carbonyl (C=O) groups is 1. The van der Waals surface area contributed by atoms with Gasteiger partial charge in [-0.05, 0) is 43.9 Å². The van der Waals surface area contributed by atoms with Crippen LogP contribution in [0.1, 0.15) is 46.0 Å². The molecule has 0 spiro atoms. The molecule has 0 saturated heterocycles. The van der Waals surface area contributed by atoms with Gasteiger partial charge < -0.3 is 4.74 Å². The van der Waals surface area contributed by atoms with Crippen LogP contribution in [0.25, 0.3) is 0 Å². The molecule has 5 unspecified atom stereocenters. The first kappa shape index (κ1) is 9.68. The van der Waals surface area contributed by atoms with Crippen molar-refractivity contribution in [3.8, 4) is 0 Å². The van der Waals surface area contributed by atoms with Crippen molar-refractivity contribution in [2.24, 2.45) is 23.7 Å². The molecular weight excluding hydrogens is 188 g/mol. The van der Waals surface area contributed by atoms with Gasteiger partial charge in [0.1, 0.15) is 5.60 Å². The van der Waals surface area contributed by atoms with Gasteiger partial charge in [0.15, 0.2) is 0 Å². The number of rotatable bonds is 1. The zero-order valence-corrected chi connectivity index (χ0v) is 9.66. The lowest BCUT2D eigenvalue weighted by Crippen LogP contribution is -2.47. The highest BCUT2D eigenvalue weighted by atomic mass is 16.6. The van der Waals surface area contributed by atoms with Crippen molar-refractivity contribution >= 4 is 5.97 Å². The summed E-state index contributed by atoms with van der Waals surface area (Å²) in [7, 11) is 0. The second-order valence-electron chi connectivity index (χ2n) is 5.91. The Balaban J connectivity index is 1.88. The van der Waals surface area contributed by atoms with Gasteiger partial charge in [0.05, 0.1) is 0 Å². The van der Waals surface area contributed by atoms with Crippen LogP contribution in [0.4, 0.5) is 0 Å². The van der Waals surface area contributed by atoms with Gasteiger partial charge in [0, 0.05) is 12.8 Å². The quantitative estimate of drug-likeness (QED) is 0.619. The molecule has 3 fully saturated rings. The van der Waals surface area contributed by atoms with E-state index in [1.54, 1.807) is 6.92 Å². The largest absolute Gasteiger partial charge is 0.459 e. The van der Waals surface area contributed by atoms with Crippen molar-refractivity contribution in [2.75, 3.05) is 0 Å². The maximum atomic E-state index is 11.2. The minimum atomic E-state index is -0.118. The Hall–Kier alpha value is -0.530. The van der Waals surface area contributed by atoms with Crippen molar-refractivity contribution in [1.82, 2.24) is 0 Å². The summed E-state index contributed by atoms with van der Waals surface area (Å²) in [5, 5.41) is 0. The molecule has 2 nitrogen and oxygen atoms in total. The average Bonchev–Trinajstić information content (AvgIpc) is 2.67. The zero-order valence-electron chi connectivity index (χ0n) is 9.66. The third-order valence-corrected chi connectivity index (χ3v) is 5.27. The highest BCUT2D eigenvalue weighted by Crippen LogP contribution is 2.63. The van der Waals surface area contributed by atoms with Crippen LogP contribution in [0.3, 0.4) is 0 Å². The normalized spacial score (nSPS) is 51.9. The summed E-state index contributed by atoms with van der Waals surface area (Å²) in [5.41, 5.74) is -0.118. The van der Waals surface area contributed by atoms with Crippen LogP contribution >= 0.6 is 0 Å². The topological polar surface area (TPSA) is 26.3 Å². The first-order chi connectivity index (χ1) is 7.11. The van der Waals surface area contributed by atoms with E-state index in [0.717, 1.165) is 11.8 Å². The van der Waals surface area contributed by atoms with Crippen LogP contribution in [0.5, 0.6) is 0 Å². The zero-order chi connectivity index (χ0) is 10.6. The summed E-state index contributed by atoms with van der Waals surface area (Å²) in [5.74, 6) is 3.05. The molecule has 3 aliphatic carbocycles. The summed E-state index contributed by atoms with van der Waals surface area (Å²) in [6, 6.07) is 0. The molecule has 3 aliphatic rings. The molecule has 0 N–H and O–H groups in total. The molecule has 0 aliphatic heterocycles. The molecule has 2 bridgehead atoms. The van der Waals surface area contributed by atoms with E-state index in [4.69, 9.17) is 4.74 Å². The van der Waals surface area contributed by atoms with Gasteiger partial charge in [-0.3, -0.25) is 4.79 Å². The van der Waals surface area contributed by atoms with Crippen LogP contribution in [-0.2, 0) is 9.53 Å². The third kappa shape index (κ3) is 1.20. The Morgan fingerprint density at radius 2 is 2.13 bits per heavy atom. The Morgan fingerprint density at radius 3 is 2.87 bits per heavy atom. The summed E-state index contributed by atoms with van der Waals surface area (Å²) in [6.07, 6.45) is 6.68.